The molecular weight excluding hydrogens is 152 g/mol. The average molecular weight is 162 g/mol. The van der Waals surface area contributed by atoms with E-state index < -0.39 is 6.03 Å². The standard InChI is InChI=1S/C8H6.CH4N2O/c1-2-6-3-4-7-5-8(6)7;2-1(3)4/h2-5H,1H2;(H4,2,3,4). The van der Waals surface area contributed by atoms with Crippen LogP contribution in [0.5, 0.6) is 0 Å². The number of hydrogen-bond donors (Lipinski definition) is 2. The lowest BCUT2D eigenvalue weighted by molar-refractivity contribution is 0.256. The lowest BCUT2D eigenvalue weighted by Gasteiger charge is -1.76. The summed E-state index contributed by atoms with van der Waals surface area (Å²) in [7, 11) is 0. The van der Waals surface area contributed by atoms with Gasteiger partial charge in [-0.2, -0.15) is 0 Å². The highest BCUT2D eigenvalue weighted by atomic mass is 16.2. The van der Waals surface area contributed by atoms with Crippen LogP contribution >= 0.6 is 0 Å². The summed E-state index contributed by atoms with van der Waals surface area (Å²) in [6.07, 6.45) is 1.89. The summed E-state index contributed by atoms with van der Waals surface area (Å²) in [5, 5.41) is 0. The number of primary amides is 2. The van der Waals surface area contributed by atoms with Crippen molar-refractivity contribution >= 4 is 12.1 Å². The summed E-state index contributed by atoms with van der Waals surface area (Å²) < 4.78 is 0. The lowest BCUT2D eigenvalue weighted by atomic mass is 10.3. The Bertz CT molecular complexity index is 327. The van der Waals surface area contributed by atoms with E-state index in [1.807, 2.05) is 6.08 Å². The van der Waals surface area contributed by atoms with Crippen molar-refractivity contribution < 1.29 is 4.79 Å². The van der Waals surface area contributed by atoms with Crippen LogP contribution in [0.25, 0.3) is 17.2 Å². The molecule has 0 fully saturated rings. The number of rotatable bonds is 1. The molecule has 0 aliphatic heterocycles. The van der Waals surface area contributed by atoms with Crippen molar-refractivity contribution in [2.75, 3.05) is 0 Å². The molecule has 0 heterocycles. The first-order chi connectivity index (χ1) is 5.65. The topological polar surface area (TPSA) is 69.1 Å². The molecule has 0 saturated carbocycles. The predicted octanol–water partition coefficient (Wildman–Crippen LogP) is 1.33. The maximum absolute atomic E-state index is 9.00. The molecule has 2 amide bonds. The third kappa shape index (κ3) is 1.85. The van der Waals surface area contributed by atoms with Gasteiger partial charge < -0.3 is 11.5 Å². The minimum atomic E-state index is -0.833. The van der Waals surface area contributed by atoms with Crippen LogP contribution in [0.15, 0.2) is 24.8 Å². The number of amides is 2. The highest BCUT2D eigenvalue weighted by Crippen LogP contribution is 2.38. The molecule has 3 heteroatoms. The zero-order valence-corrected chi connectivity index (χ0v) is 6.58. The van der Waals surface area contributed by atoms with E-state index in [1.54, 1.807) is 0 Å². The van der Waals surface area contributed by atoms with Crippen molar-refractivity contribution in [2.24, 2.45) is 11.5 Å². The van der Waals surface area contributed by atoms with Gasteiger partial charge in [0.15, 0.2) is 0 Å². The first-order valence-electron chi connectivity index (χ1n) is 3.47. The molecule has 0 aromatic carbocycles. The second kappa shape index (κ2) is 3.09. The molecule has 0 aromatic rings. The Labute approximate surface area is 70.7 Å². The predicted molar refractivity (Wildman–Crippen MR) is 49.3 cm³/mol. The van der Waals surface area contributed by atoms with Crippen LogP contribution in [0, 0.1) is 0 Å². The number of hydrogen-bond acceptors (Lipinski definition) is 1. The average Bonchev–Trinajstić information content (AvgIpc) is 2.63. The van der Waals surface area contributed by atoms with Crippen molar-refractivity contribution in [3.63, 3.8) is 0 Å². The Morgan fingerprint density at radius 3 is 2.17 bits per heavy atom. The van der Waals surface area contributed by atoms with Gasteiger partial charge in [-0.1, -0.05) is 24.8 Å². The fraction of sp³-hybridized carbons (Fsp3) is 0. The highest BCUT2D eigenvalue weighted by molar-refractivity contribution is 5.89. The molecule has 12 heavy (non-hydrogen) atoms. The number of fused-ring (bicyclic) bond motifs is 1. The quantitative estimate of drug-likeness (QED) is 0.652. The summed E-state index contributed by atoms with van der Waals surface area (Å²) in [5.41, 5.74) is 12.6. The van der Waals surface area contributed by atoms with Crippen LogP contribution in [0.1, 0.15) is 5.56 Å². The van der Waals surface area contributed by atoms with Crippen LogP contribution in [-0.2, 0) is 0 Å². The molecule has 0 aromatic heterocycles. The Morgan fingerprint density at radius 2 is 2.00 bits per heavy atom. The Balaban J connectivity index is 0.000000157. The molecule has 0 spiro atoms. The molecule has 2 rings (SSSR count). The summed E-state index contributed by atoms with van der Waals surface area (Å²) in [6, 6.07) is 5.54. The van der Waals surface area contributed by atoms with Gasteiger partial charge in [0.1, 0.15) is 0 Å². The van der Waals surface area contributed by atoms with Gasteiger partial charge in [0, 0.05) is 0 Å². The number of benzene rings is 1. The molecular formula is C9H10N2O. The van der Waals surface area contributed by atoms with Gasteiger partial charge in [-0.3, -0.25) is 0 Å². The van der Waals surface area contributed by atoms with Gasteiger partial charge in [0.2, 0.25) is 0 Å². The smallest absolute Gasteiger partial charge is 0.309 e. The minimum absolute atomic E-state index is 0.833. The Hall–Kier alpha value is -1.77. The van der Waals surface area contributed by atoms with Crippen molar-refractivity contribution in [1.29, 1.82) is 0 Å². The molecule has 62 valence electrons. The molecule has 0 atom stereocenters. The Kier molecular flexibility index (Phi) is 2.14. The molecule has 0 bridgehead atoms. The van der Waals surface area contributed by atoms with E-state index in [-0.39, 0.29) is 0 Å². The molecule has 0 saturated heterocycles. The van der Waals surface area contributed by atoms with Crippen LogP contribution in [-0.4, -0.2) is 6.03 Å². The summed E-state index contributed by atoms with van der Waals surface area (Å²) in [4.78, 5) is 9.00. The van der Waals surface area contributed by atoms with Gasteiger partial charge in [0.05, 0.1) is 0 Å². The zero-order chi connectivity index (χ0) is 9.14. The lowest BCUT2D eigenvalue weighted by Crippen LogP contribution is -2.18. The molecule has 3 nitrogen and oxygen atoms in total. The molecule has 0 radical (unpaired) electrons. The second-order valence-corrected chi connectivity index (χ2v) is 2.41. The molecule has 0 unspecified atom stereocenters. The first-order valence-corrected chi connectivity index (χ1v) is 3.47. The molecule has 2 aliphatic carbocycles. The maximum Gasteiger partial charge on any atom is 0.309 e. The van der Waals surface area contributed by atoms with Gasteiger partial charge >= 0.3 is 6.03 Å². The van der Waals surface area contributed by atoms with Crippen molar-refractivity contribution in [2.45, 2.75) is 0 Å². The van der Waals surface area contributed by atoms with E-state index in [9.17, 15) is 0 Å². The largest absolute Gasteiger partial charge is 0.352 e. The van der Waals surface area contributed by atoms with Crippen molar-refractivity contribution in [3.05, 3.63) is 30.3 Å². The molecule has 4 N–H and O–H groups in total. The second-order valence-electron chi connectivity index (χ2n) is 2.41. The maximum atomic E-state index is 9.00. The number of urea groups is 1. The summed E-state index contributed by atoms with van der Waals surface area (Å²) in [6.45, 7) is 3.68. The van der Waals surface area contributed by atoms with Crippen LogP contribution in [0.3, 0.4) is 0 Å². The van der Waals surface area contributed by atoms with E-state index in [2.05, 4.69) is 36.2 Å². The minimum Gasteiger partial charge on any atom is -0.352 e. The number of nitrogens with two attached hydrogens (primary N) is 2. The van der Waals surface area contributed by atoms with E-state index in [1.165, 1.54) is 16.7 Å². The van der Waals surface area contributed by atoms with E-state index in [0.717, 1.165) is 0 Å². The van der Waals surface area contributed by atoms with Crippen molar-refractivity contribution in [1.82, 2.24) is 0 Å². The zero-order valence-electron chi connectivity index (χ0n) is 6.58. The van der Waals surface area contributed by atoms with Crippen LogP contribution < -0.4 is 11.5 Å². The van der Waals surface area contributed by atoms with Crippen LogP contribution in [0.4, 0.5) is 4.79 Å². The normalized spacial score (nSPS) is 9.33. The van der Waals surface area contributed by atoms with Gasteiger partial charge in [-0.15, -0.1) is 0 Å². The van der Waals surface area contributed by atoms with Crippen LogP contribution in [0.2, 0.25) is 0 Å². The van der Waals surface area contributed by atoms with E-state index in [0.29, 0.717) is 0 Å². The van der Waals surface area contributed by atoms with Crippen molar-refractivity contribution in [3.8, 4) is 11.1 Å². The van der Waals surface area contributed by atoms with Gasteiger partial charge in [-0.25, -0.2) is 4.79 Å². The third-order valence-corrected chi connectivity index (χ3v) is 1.50. The number of carbonyl (C=O) groups excluding carboxylic acids is 1. The van der Waals surface area contributed by atoms with Gasteiger partial charge in [-0.05, 0) is 22.8 Å². The Morgan fingerprint density at radius 1 is 1.42 bits per heavy atom. The first kappa shape index (κ1) is 8.33. The number of carbonyl (C=O) groups is 1. The van der Waals surface area contributed by atoms with Gasteiger partial charge in [0.25, 0.3) is 0 Å². The molecule has 2 aliphatic rings. The highest BCUT2D eigenvalue weighted by Gasteiger charge is 2.13. The monoisotopic (exact) mass is 162 g/mol. The fourth-order valence-electron chi connectivity index (χ4n) is 0.955. The fourth-order valence-corrected chi connectivity index (χ4v) is 0.955. The van der Waals surface area contributed by atoms with E-state index in [4.69, 9.17) is 4.79 Å². The SMILES string of the molecule is C=Cc1ccc2cc1-2.NC(N)=O. The third-order valence-electron chi connectivity index (χ3n) is 1.50. The van der Waals surface area contributed by atoms with E-state index >= 15 is 0 Å². The summed E-state index contributed by atoms with van der Waals surface area (Å²) in [5.74, 6) is 0. The summed E-state index contributed by atoms with van der Waals surface area (Å²) >= 11 is 0.